The summed E-state index contributed by atoms with van der Waals surface area (Å²) in [6.07, 6.45) is 4.43. The molecule has 5 nitrogen and oxygen atoms in total. The second kappa shape index (κ2) is 12.8. The summed E-state index contributed by atoms with van der Waals surface area (Å²) in [6.45, 7) is 19.4. The Bertz CT molecular complexity index is 1360. The van der Waals surface area contributed by atoms with Crippen molar-refractivity contribution in [3.8, 4) is 18.1 Å². The SMILES string of the molecule is C#C[C@H](O[Si](C)(C)C(C)(C)C)[C@@H]1OC(C)(C)O[C@@H]1C(=C)COC(c1ccccc1)(c1ccccc1)c1ccc(OC)cc1. The Hall–Kier alpha value is -3.18. The van der Waals surface area contributed by atoms with E-state index in [1.807, 2.05) is 74.5 Å². The van der Waals surface area contributed by atoms with Gasteiger partial charge in [0.25, 0.3) is 0 Å². The summed E-state index contributed by atoms with van der Waals surface area (Å²) >= 11 is 0. The average Bonchev–Trinajstić information content (AvgIpc) is 3.32. The Morgan fingerprint density at radius 2 is 1.42 bits per heavy atom. The molecule has 4 rings (SSSR count). The van der Waals surface area contributed by atoms with Crippen molar-refractivity contribution in [2.45, 2.75) is 82.5 Å². The molecule has 3 atom stereocenters. The maximum absolute atomic E-state index is 7.06. The molecule has 0 spiro atoms. The zero-order valence-corrected chi connectivity index (χ0v) is 27.8. The molecular formula is C37H46O5Si. The minimum atomic E-state index is -2.21. The molecule has 1 saturated heterocycles. The van der Waals surface area contributed by atoms with Gasteiger partial charge < -0.3 is 23.4 Å². The van der Waals surface area contributed by atoms with Crippen LogP contribution in [0.2, 0.25) is 18.1 Å². The summed E-state index contributed by atoms with van der Waals surface area (Å²) in [5, 5.41) is -0.0178. The van der Waals surface area contributed by atoms with Crippen molar-refractivity contribution < 1.29 is 23.4 Å². The molecule has 43 heavy (non-hydrogen) atoms. The maximum Gasteiger partial charge on any atom is 0.193 e. The lowest BCUT2D eigenvalue weighted by atomic mass is 9.80. The zero-order valence-electron chi connectivity index (χ0n) is 26.8. The van der Waals surface area contributed by atoms with E-state index in [0.29, 0.717) is 0 Å². The highest BCUT2D eigenvalue weighted by Crippen LogP contribution is 2.43. The highest BCUT2D eigenvalue weighted by molar-refractivity contribution is 6.74. The number of hydrogen-bond acceptors (Lipinski definition) is 5. The highest BCUT2D eigenvalue weighted by Gasteiger charge is 2.50. The van der Waals surface area contributed by atoms with Crippen molar-refractivity contribution in [3.63, 3.8) is 0 Å². The van der Waals surface area contributed by atoms with E-state index in [1.165, 1.54) is 0 Å². The van der Waals surface area contributed by atoms with Crippen LogP contribution in [0.15, 0.2) is 97.1 Å². The molecule has 0 bridgehead atoms. The molecule has 1 heterocycles. The number of rotatable bonds is 11. The van der Waals surface area contributed by atoms with Gasteiger partial charge in [-0.25, -0.2) is 0 Å². The Morgan fingerprint density at radius 3 is 1.88 bits per heavy atom. The first-order chi connectivity index (χ1) is 20.2. The molecule has 6 heteroatoms. The normalized spacial score (nSPS) is 19.4. The molecule has 0 unspecified atom stereocenters. The van der Waals surface area contributed by atoms with E-state index in [2.05, 4.69) is 70.6 Å². The number of hydrogen-bond donors (Lipinski definition) is 0. The van der Waals surface area contributed by atoms with E-state index in [1.54, 1.807) is 7.11 Å². The molecule has 1 fully saturated rings. The van der Waals surface area contributed by atoms with Gasteiger partial charge >= 0.3 is 0 Å². The molecule has 0 aliphatic carbocycles. The van der Waals surface area contributed by atoms with Crippen LogP contribution < -0.4 is 4.74 Å². The lowest BCUT2D eigenvalue weighted by Crippen LogP contribution is -2.49. The second-order valence-corrected chi connectivity index (χ2v) is 17.8. The molecule has 0 saturated carbocycles. The molecule has 0 amide bonds. The van der Waals surface area contributed by atoms with Crippen molar-refractivity contribution in [1.29, 1.82) is 0 Å². The van der Waals surface area contributed by atoms with Crippen LogP contribution in [0, 0.1) is 12.3 Å². The molecule has 0 N–H and O–H groups in total. The molecular weight excluding hydrogens is 552 g/mol. The van der Waals surface area contributed by atoms with Crippen LogP contribution >= 0.6 is 0 Å². The van der Waals surface area contributed by atoms with E-state index in [0.717, 1.165) is 28.0 Å². The first kappa shape index (κ1) is 32.7. The first-order valence-corrected chi connectivity index (χ1v) is 17.7. The van der Waals surface area contributed by atoms with Gasteiger partial charge in [-0.2, -0.15) is 0 Å². The predicted octanol–water partition coefficient (Wildman–Crippen LogP) is 8.10. The Morgan fingerprint density at radius 1 is 0.907 bits per heavy atom. The molecule has 3 aromatic carbocycles. The summed E-state index contributed by atoms with van der Waals surface area (Å²) in [6, 6.07) is 28.5. The van der Waals surface area contributed by atoms with Crippen LogP contribution in [0.1, 0.15) is 51.3 Å². The second-order valence-electron chi connectivity index (χ2n) is 13.1. The van der Waals surface area contributed by atoms with Gasteiger partial charge in [-0.05, 0) is 66.4 Å². The van der Waals surface area contributed by atoms with Crippen molar-refractivity contribution in [1.82, 2.24) is 0 Å². The van der Waals surface area contributed by atoms with Crippen molar-refractivity contribution in [3.05, 3.63) is 114 Å². The Kier molecular flexibility index (Phi) is 9.75. The van der Waals surface area contributed by atoms with Gasteiger partial charge in [0.15, 0.2) is 14.1 Å². The molecule has 1 aliphatic rings. The van der Waals surface area contributed by atoms with Gasteiger partial charge in [0.05, 0.1) is 13.7 Å². The quantitative estimate of drug-likeness (QED) is 0.0966. The number of methoxy groups -OCH3 is 1. The zero-order chi connectivity index (χ0) is 31.5. The monoisotopic (exact) mass is 598 g/mol. The van der Waals surface area contributed by atoms with E-state index >= 15 is 0 Å². The summed E-state index contributed by atoms with van der Waals surface area (Å²) < 4.78 is 32.1. The molecule has 1 aliphatic heterocycles. The van der Waals surface area contributed by atoms with Crippen molar-refractivity contribution >= 4 is 8.32 Å². The van der Waals surface area contributed by atoms with Gasteiger partial charge in [0.1, 0.15) is 29.7 Å². The third kappa shape index (κ3) is 6.98. The highest BCUT2D eigenvalue weighted by atomic mass is 28.4. The van der Waals surface area contributed by atoms with E-state index in [4.69, 9.17) is 29.8 Å². The van der Waals surface area contributed by atoms with Gasteiger partial charge in [-0.3, -0.25) is 0 Å². The molecule has 0 aromatic heterocycles. The lowest BCUT2D eigenvalue weighted by Gasteiger charge is -2.40. The predicted molar refractivity (Wildman–Crippen MR) is 176 cm³/mol. The topological polar surface area (TPSA) is 46.2 Å². The van der Waals surface area contributed by atoms with Crippen LogP contribution in [0.4, 0.5) is 0 Å². The van der Waals surface area contributed by atoms with Crippen LogP contribution in [0.25, 0.3) is 0 Å². The van der Waals surface area contributed by atoms with Gasteiger partial charge in [-0.1, -0.05) is 106 Å². The first-order valence-electron chi connectivity index (χ1n) is 14.8. The summed E-state index contributed by atoms with van der Waals surface area (Å²) in [5.41, 5.74) is 2.72. The third-order valence-corrected chi connectivity index (χ3v) is 13.0. The smallest absolute Gasteiger partial charge is 0.193 e. The third-order valence-electron chi connectivity index (χ3n) is 8.55. The molecule has 3 aromatic rings. The number of ether oxygens (including phenoxy) is 4. The van der Waals surface area contributed by atoms with Gasteiger partial charge in [0, 0.05) is 0 Å². The lowest BCUT2D eigenvalue weighted by molar-refractivity contribution is -0.150. The average molecular weight is 599 g/mol. The van der Waals surface area contributed by atoms with Crippen LogP contribution in [0.5, 0.6) is 5.75 Å². The summed E-state index contributed by atoms with van der Waals surface area (Å²) in [4.78, 5) is 0. The van der Waals surface area contributed by atoms with Gasteiger partial charge in [-0.15, -0.1) is 6.42 Å². The standard InChI is InChI=1S/C37H46O5Si/c1-11-32(42-43(9,10)35(3,4)5)34-33(40-36(6,7)41-34)27(2)26-39-37(28-18-14-12-15-19-28,29-20-16-13-17-21-29)30-22-24-31(38-8)25-23-30/h1,12-25,32-34H,2,26H2,3-10H3/t32-,33+,34-/m0/s1. The molecule has 228 valence electrons. The van der Waals surface area contributed by atoms with Crippen LogP contribution in [-0.2, 0) is 24.2 Å². The maximum atomic E-state index is 7.06. The fourth-order valence-electron chi connectivity index (χ4n) is 5.22. The Balaban J connectivity index is 1.72. The van der Waals surface area contributed by atoms with Crippen LogP contribution in [-0.4, -0.2) is 46.1 Å². The molecule has 0 radical (unpaired) electrons. The van der Waals surface area contributed by atoms with E-state index in [-0.39, 0.29) is 11.6 Å². The fourth-order valence-corrected chi connectivity index (χ4v) is 6.41. The number of benzene rings is 3. The van der Waals surface area contributed by atoms with Gasteiger partial charge in [0.2, 0.25) is 0 Å². The number of terminal acetylenes is 1. The largest absolute Gasteiger partial charge is 0.497 e. The minimum Gasteiger partial charge on any atom is -0.497 e. The fraction of sp³-hybridized carbons (Fsp3) is 0.405. The van der Waals surface area contributed by atoms with E-state index in [9.17, 15) is 0 Å². The van der Waals surface area contributed by atoms with Crippen LogP contribution in [0.3, 0.4) is 0 Å². The summed E-state index contributed by atoms with van der Waals surface area (Å²) in [5.74, 6) is 2.77. The minimum absolute atomic E-state index is 0.0178. The van der Waals surface area contributed by atoms with Crippen molar-refractivity contribution in [2.24, 2.45) is 0 Å². The summed E-state index contributed by atoms with van der Waals surface area (Å²) in [7, 11) is -0.541. The van der Waals surface area contributed by atoms with E-state index < -0.39 is 38.0 Å². The van der Waals surface area contributed by atoms with Crippen molar-refractivity contribution in [2.75, 3.05) is 13.7 Å². The Labute approximate surface area is 259 Å².